The van der Waals surface area contributed by atoms with E-state index in [0.29, 0.717) is 34.2 Å². The normalized spacial score (nSPS) is 15.0. The number of hydrogen-bond acceptors (Lipinski definition) is 6. The van der Waals surface area contributed by atoms with E-state index in [0.717, 1.165) is 11.1 Å². The second-order valence-corrected chi connectivity index (χ2v) is 10.0. The highest BCUT2D eigenvalue weighted by molar-refractivity contribution is 6.02. The Bertz CT molecular complexity index is 1620. The quantitative estimate of drug-likeness (QED) is 0.220. The van der Waals surface area contributed by atoms with E-state index in [4.69, 9.17) is 13.9 Å². The molecule has 1 aliphatic heterocycles. The van der Waals surface area contributed by atoms with Crippen molar-refractivity contribution >= 4 is 23.5 Å². The molecule has 0 saturated heterocycles. The smallest absolute Gasteiger partial charge is 0.336 e. The Kier molecular flexibility index (Phi) is 8.52. The van der Waals surface area contributed by atoms with E-state index >= 15 is 0 Å². The van der Waals surface area contributed by atoms with Crippen molar-refractivity contribution in [3.05, 3.63) is 125 Å². The second-order valence-electron chi connectivity index (χ2n) is 10.0. The van der Waals surface area contributed by atoms with Crippen LogP contribution in [0.25, 0.3) is 0 Å². The van der Waals surface area contributed by atoms with Crippen LogP contribution < -0.4 is 10.1 Å². The molecule has 0 spiro atoms. The van der Waals surface area contributed by atoms with Gasteiger partial charge in [0, 0.05) is 23.7 Å². The maximum atomic E-state index is 13.5. The number of allylic oxidation sites excluding steroid dienone is 1. The summed E-state index contributed by atoms with van der Waals surface area (Å²) in [6.07, 6.45) is 0.0573. The monoisotopic (exact) mass is 564 g/mol. The number of amides is 2. The van der Waals surface area contributed by atoms with Crippen LogP contribution in [0.3, 0.4) is 0 Å². The van der Waals surface area contributed by atoms with Crippen molar-refractivity contribution in [2.45, 2.75) is 39.7 Å². The van der Waals surface area contributed by atoms with Crippen molar-refractivity contribution < 1.29 is 28.3 Å². The summed E-state index contributed by atoms with van der Waals surface area (Å²) in [5, 5.41) is 2.81. The molecule has 1 N–H and O–H groups in total. The Hall–Kier alpha value is -5.11. The average Bonchev–Trinajstić information content (AvgIpc) is 3.46. The van der Waals surface area contributed by atoms with Gasteiger partial charge < -0.3 is 24.1 Å². The minimum atomic E-state index is -0.514. The van der Waals surface area contributed by atoms with Crippen LogP contribution in [0, 0.1) is 6.92 Å². The van der Waals surface area contributed by atoms with Crippen molar-refractivity contribution in [1.29, 1.82) is 0 Å². The molecule has 0 radical (unpaired) electrons. The molecule has 0 fully saturated rings. The third-order valence-corrected chi connectivity index (χ3v) is 7.07. The molecule has 4 aromatic rings. The first-order valence-corrected chi connectivity index (χ1v) is 13.8. The summed E-state index contributed by atoms with van der Waals surface area (Å²) in [5.74, 6) is 0.245. The predicted molar refractivity (Wildman–Crippen MR) is 158 cm³/mol. The lowest BCUT2D eigenvalue weighted by Gasteiger charge is -2.34. The first-order valence-electron chi connectivity index (χ1n) is 13.8. The molecule has 3 aromatic carbocycles. The fraction of sp³-hybridized carbons (Fsp3) is 0.206. The van der Waals surface area contributed by atoms with Gasteiger partial charge in [-0.2, -0.15) is 0 Å². The number of furan rings is 1. The lowest BCUT2D eigenvalue weighted by Crippen LogP contribution is -2.38. The minimum Gasteiger partial charge on any atom is -0.463 e. The number of rotatable bonds is 9. The van der Waals surface area contributed by atoms with Crippen LogP contribution in [-0.4, -0.2) is 29.3 Å². The lowest BCUT2D eigenvalue weighted by atomic mass is 9.83. The molecule has 42 heavy (non-hydrogen) atoms. The molecule has 2 heterocycles. The fourth-order valence-corrected chi connectivity index (χ4v) is 4.95. The highest BCUT2D eigenvalue weighted by atomic mass is 16.5. The molecule has 1 unspecified atom stereocenters. The third kappa shape index (κ3) is 6.44. The Balaban J connectivity index is 1.38. The van der Waals surface area contributed by atoms with Crippen molar-refractivity contribution in [2.24, 2.45) is 0 Å². The van der Waals surface area contributed by atoms with Crippen molar-refractivity contribution in [3.8, 4) is 11.5 Å². The number of ether oxygens (including phenoxy) is 2. The van der Waals surface area contributed by atoms with Gasteiger partial charge in [-0.3, -0.25) is 9.59 Å². The Labute approximate surface area is 244 Å². The number of nitrogens with one attached hydrogen (secondary N) is 1. The summed E-state index contributed by atoms with van der Waals surface area (Å²) >= 11 is 0. The van der Waals surface area contributed by atoms with Crippen LogP contribution >= 0.6 is 0 Å². The van der Waals surface area contributed by atoms with Gasteiger partial charge in [0.2, 0.25) is 5.91 Å². The number of aryl methyl sites for hydroxylation is 1. The summed E-state index contributed by atoms with van der Waals surface area (Å²) < 4.78 is 17.2. The van der Waals surface area contributed by atoms with Gasteiger partial charge in [0.25, 0.3) is 5.91 Å². The van der Waals surface area contributed by atoms with Gasteiger partial charge in [-0.15, -0.1) is 0 Å². The van der Waals surface area contributed by atoms with Gasteiger partial charge in [0.05, 0.1) is 18.7 Å². The number of hydrogen-bond donors (Lipinski definition) is 1. The number of nitrogens with zero attached hydrogens (tertiary/aromatic N) is 1. The number of benzene rings is 3. The zero-order valence-corrected chi connectivity index (χ0v) is 23.8. The highest BCUT2D eigenvalue weighted by Crippen LogP contribution is 2.39. The largest absolute Gasteiger partial charge is 0.463 e. The van der Waals surface area contributed by atoms with Crippen molar-refractivity contribution in [2.75, 3.05) is 11.9 Å². The van der Waals surface area contributed by atoms with Crippen LogP contribution in [0.15, 0.2) is 107 Å². The first-order chi connectivity index (χ1) is 20.3. The molecule has 214 valence electrons. The van der Waals surface area contributed by atoms with Crippen molar-refractivity contribution in [3.63, 3.8) is 0 Å². The number of carbonyl (C=O) groups excluding carboxylic acids is 3. The molecule has 8 heteroatoms. The molecule has 8 nitrogen and oxygen atoms in total. The molecule has 1 atom stereocenters. The molecular weight excluding hydrogens is 532 g/mol. The Morgan fingerprint density at radius 2 is 1.67 bits per heavy atom. The summed E-state index contributed by atoms with van der Waals surface area (Å²) in [6.45, 7) is 5.71. The summed E-state index contributed by atoms with van der Waals surface area (Å²) in [5.41, 5.74) is 3.38. The fourth-order valence-electron chi connectivity index (χ4n) is 4.95. The molecule has 0 saturated carbocycles. The molecular formula is C34H32N2O6. The zero-order chi connectivity index (χ0) is 29.6. The SMILES string of the molecule is CCOC(=O)C1=C(C)N(Cc2ccc(C(=O)Nc3ccc(C)cc3)o2)C(=O)CC1c1cccc(Oc2ccccc2)c1. The van der Waals surface area contributed by atoms with Crippen LogP contribution in [-0.2, 0) is 20.9 Å². The maximum Gasteiger partial charge on any atom is 0.336 e. The predicted octanol–water partition coefficient (Wildman–Crippen LogP) is 6.99. The average molecular weight is 565 g/mol. The highest BCUT2D eigenvalue weighted by Gasteiger charge is 2.37. The number of esters is 1. The van der Waals surface area contributed by atoms with Gasteiger partial charge in [0.15, 0.2) is 5.76 Å². The zero-order valence-electron chi connectivity index (χ0n) is 23.8. The van der Waals surface area contributed by atoms with E-state index in [1.807, 2.05) is 85.8 Å². The standard InChI is InChI=1S/C34H32N2O6/c1-4-40-34(39)32-23(3)36(21-28-17-18-30(42-28)33(38)35-25-15-13-22(2)14-16-25)31(37)20-29(32)24-9-8-12-27(19-24)41-26-10-6-5-7-11-26/h5-19,29H,4,20-21H2,1-3H3,(H,35,38). The minimum absolute atomic E-state index is 0.0573. The van der Waals surface area contributed by atoms with Gasteiger partial charge in [0.1, 0.15) is 17.3 Å². The van der Waals surface area contributed by atoms with Crippen molar-refractivity contribution in [1.82, 2.24) is 4.90 Å². The van der Waals surface area contributed by atoms with Crippen LogP contribution in [0.1, 0.15) is 53.6 Å². The third-order valence-electron chi connectivity index (χ3n) is 7.07. The molecule has 1 aliphatic rings. The number of para-hydroxylation sites is 1. The summed E-state index contributed by atoms with van der Waals surface area (Å²) in [7, 11) is 0. The van der Waals surface area contributed by atoms with E-state index in [-0.39, 0.29) is 31.2 Å². The van der Waals surface area contributed by atoms with Crippen LogP contribution in [0.4, 0.5) is 5.69 Å². The van der Waals surface area contributed by atoms with E-state index in [1.165, 1.54) is 4.90 Å². The van der Waals surface area contributed by atoms with Gasteiger partial charge in [-0.1, -0.05) is 48.0 Å². The van der Waals surface area contributed by atoms with Crippen LogP contribution in [0.2, 0.25) is 0 Å². The Morgan fingerprint density at radius 3 is 2.40 bits per heavy atom. The van der Waals surface area contributed by atoms with E-state index in [9.17, 15) is 14.4 Å². The molecule has 0 aliphatic carbocycles. The first kappa shape index (κ1) is 28.4. The molecule has 1 aromatic heterocycles. The van der Waals surface area contributed by atoms with E-state index in [2.05, 4.69) is 5.32 Å². The van der Waals surface area contributed by atoms with E-state index in [1.54, 1.807) is 26.0 Å². The summed E-state index contributed by atoms with van der Waals surface area (Å²) in [4.78, 5) is 41.0. The number of carbonyl (C=O) groups is 3. The second kappa shape index (κ2) is 12.6. The molecule has 2 amide bonds. The lowest BCUT2D eigenvalue weighted by molar-refractivity contribution is -0.140. The van der Waals surface area contributed by atoms with Crippen LogP contribution in [0.5, 0.6) is 11.5 Å². The summed E-state index contributed by atoms with van der Waals surface area (Å²) in [6, 6.07) is 27.5. The Morgan fingerprint density at radius 1 is 0.929 bits per heavy atom. The number of anilines is 1. The van der Waals surface area contributed by atoms with E-state index < -0.39 is 17.8 Å². The maximum absolute atomic E-state index is 13.5. The molecule has 0 bridgehead atoms. The van der Waals surface area contributed by atoms with Gasteiger partial charge >= 0.3 is 5.97 Å². The topological polar surface area (TPSA) is 98.1 Å². The van der Waals surface area contributed by atoms with Gasteiger partial charge in [-0.25, -0.2) is 4.79 Å². The molecule has 5 rings (SSSR count). The van der Waals surface area contributed by atoms with Gasteiger partial charge in [-0.05, 0) is 74.9 Å².